The van der Waals surface area contributed by atoms with Gasteiger partial charge in [0, 0.05) is 23.4 Å². The van der Waals surface area contributed by atoms with E-state index >= 15 is 0 Å². The van der Waals surface area contributed by atoms with Crippen LogP contribution in [0.4, 0.5) is 5.69 Å². The Labute approximate surface area is 154 Å². The van der Waals surface area contributed by atoms with Gasteiger partial charge in [-0.05, 0) is 31.2 Å². The van der Waals surface area contributed by atoms with E-state index in [1.165, 1.54) is 11.3 Å². The zero-order chi connectivity index (χ0) is 18.1. The van der Waals surface area contributed by atoms with Crippen LogP contribution >= 0.6 is 11.3 Å². The van der Waals surface area contributed by atoms with Crippen molar-refractivity contribution >= 4 is 39.8 Å². The minimum Gasteiger partial charge on any atom is -0.449 e. The largest absolute Gasteiger partial charge is 0.449 e. The summed E-state index contributed by atoms with van der Waals surface area (Å²) in [5.74, 6) is -0.317. The second kappa shape index (κ2) is 6.93. The summed E-state index contributed by atoms with van der Waals surface area (Å²) in [6.45, 7) is 3.97. The van der Waals surface area contributed by atoms with Gasteiger partial charge >= 0.3 is 0 Å². The molecule has 1 fully saturated rings. The number of thiophene rings is 1. The summed E-state index contributed by atoms with van der Waals surface area (Å²) in [5.41, 5.74) is 0.995. The van der Waals surface area contributed by atoms with Crippen LogP contribution in [0.15, 0.2) is 40.8 Å². The number of amides is 2. The molecule has 4 rings (SSSR count). The Balaban J connectivity index is 1.71. The minimum atomic E-state index is -0.245. The maximum atomic E-state index is 12.9. The summed E-state index contributed by atoms with van der Waals surface area (Å²) in [5, 5.41) is 3.60. The molecule has 1 aliphatic heterocycles. The van der Waals surface area contributed by atoms with Crippen molar-refractivity contribution in [1.29, 1.82) is 0 Å². The van der Waals surface area contributed by atoms with Gasteiger partial charge in [-0.3, -0.25) is 9.59 Å². The Morgan fingerprint density at radius 1 is 1.12 bits per heavy atom. The molecule has 1 saturated heterocycles. The van der Waals surface area contributed by atoms with Crippen LogP contribution in [-0.2, 0) is 4.74 Å². The van der Waals surface area contributed by atoms with Gasteiger partial charge in [0.15, 0.2) is 0 Å². The molecule has 0 atom stereocenters. The number of aryl methyl sites for hydroxylation is 1. The molecule has 7 heteroatoms. The molecule has 134 valence electrons. The van der Waals surface area contributed by atoms with Gasteiger partial charge in [-0.2, -0.15) is 0 Å². The molecule has 6 nitrogen and oxygen atoms in total. The molecule has 0 aliphatic carbocycles. The third-order valence-electron chi connectivity index (χ3n) is 4.29. The maximum absolute atomic E-state index is 12.9. The second-order valence-electron chi connectivity index (χ2n) is 6.07. The average Bonchev–Trinajstić information content (AvgIpc) is 3.26. The second-order valence-corrected chi connectivity index (χ2v) is 7.36. The molecule has 0 bridgehead atoms. The number of rotatable bonds is 3. The number of anilines is 1. The average molecular weight is 370 g/mol. The number of fused-ring (bicyclic) bond motifs is 1. The molecule has 3 aromatic rings. The normalized spacial score (nSPS) is 14.6. The number of hydrogen-bond donors (Lipinski definition) is 1. The summed E-state index contributed by atoms with van der Waals surface area (Å²) in [4.78, 5) is 28.9. The highest BCUT2D eigenvalue weighted by molar-refractivity contribution is 7.14. The highest BCUT2D eigenvalue weighted by Crippen LogP contribution is 2.32. The van der Waals surface area contributed by atoms with E-state index in [0.717, 1.165) is 4.88 Å². The van der Waals surface area contributed by atoms with Crippen molar-refractivity contribution in [2.45, 2.75) is 6.92 Å². The molecular formula is C19H18N2O4S. The first kappa shape index (κ1) is 16.8. The van der Waals surface area contributed by atoms with Crippen molar-refractivity contribution in [1.82, 2.24) is 4.90 Å². The Kier molecular flexibility index (Phi) is 4.48. The number of carbonyl (C=O) groups excluding carboxylic acids is 2. The number of furan rings is 1. The van der Waals surface area contributed by atoms with Crippen LogP contribution in [0, 0.1) is 6.92 Å². The maximum Gasteiger partial charge on any atom is 0.291 e. The molecule has 2 aromatic heterocycles. The van der Waals surface area contributed by atoms with Gasteiger partial charge in [0.2, 0.25) is 5.76 Å². The topological polar surface area (TPSA) is 71.8 Å². The van der Waals surface area contributed by atoms with Crippen LogP contribution in [0.5, 0.6) is 0 Å². The third kappa shape index (κ3) is 3.11. The van der Waals surface area contributed by atoms with Gasteiger partial charge in [-0.1, -0.05) is 12.1 Å². The molecule has 2 amide bonds. The quantitative estimate of drug-likeness (QED) is 0.766. The number of carbonyl (C=O) groups is 2. The molecule has 1 N–H and O–H groups in total. The predicted molar refractivity (Wildman–Crippen MR) is 99.9 cm³/mol. The minimum absolute atomic E-state index is 0.162. The highest BCUT2D eigenvalue weighted by atomic mass is 32.1. The predicted octanol–water partition coefficient (Wildman–Crippen LogP) is 3.53. The number of hydrogen-bond acceptors (Lipinski definition) is 5. The number of para-hydroxylation sites is 1. The van der Waals surface area contributed by atoms with E-state index in [1.807, 2.05) is 31.2 Å². The zero-order valence-electron chi connectivity index (χ0n) is 14.3. The zero-order valence-corrected chi connectivity index (χ0v) is 15.1. The van der Waals surface area contributed by atoms with E-state index in [9.17, 15) is 9.59 Å². The lowest BCUT2D eigenvalue weighted by Gasteiger charge is -2.26. The van der Waals surface area contributed by atoms with Gasteiger partial charge in [-0.15, -0.1) is 11.3 Å². The van der Waals surface area contributed by atoms with Crippen LogP contribution in [0.3, 0.4) is 0 Å². The van der Waals surface area contributed by atoms with Crippen molar-refractivity contribution in [3.05, 3.63) is 51.9 Å². The van der Waals surface area contributed by atoms with E-state index in [1.54, 1.807) is 17.0 Å². The van der Waals surface area contributed by atoms with E-state index in [0.29, 0.717) is 47.8 Å². The highest BCUT2D eigenvalue weighted by Gasteiger charge is 2.27. The molecule has 1 aliphatic rings. The van der Waals surface area contributed by atoms with Gasteiger partial charge in [0.1, 0.15) is 11.3 Å². The lowest BCUT2D eigenvalue weighted by molar-refractivity contribution is 0.0285. The molecular weight excluding hydrogens is 352 g/mol. The standard InChI is InChI=1S/C19H18N2O4S/c1-12-6-7-15(26-12)18(22)20-16-13-4-2-3-5-14(13)25-17(16)19(23)21-8-10-24-11-9-21/h2-7H,8-11H2,1H3,(H,20,22). The monoisotopic (exact) mass is 370 g/mol. The van der Waals surface area contributed by atoms with Crippen molar-refractivity contribution < 1.29 is 18.7 Å². The fourth-order valence-corrected chi connectivity index (χ4v) is 3.72. The lowest BCUT2D eigenvalue weighted by atomic mass is 10.2. The molecule has 1 aromatic carbocycles. The SMILES string of the molecule is Cc1ccc(C(=O)Nc2c(C(=O)N3CCOCC3)oc3ccccc23)s1. The van der Waals surface area contributed by atoms with E-state index in [2.05, 4.69) is 5.32 Å². The molecule has 3 heterocycles. The molecule has 26 heavy (non-hydrogen) atoms. The number of nitrogens with one attached hydrogen (secondary N) is 1. The van der Waals surface area contributed by atoms with Crippen molar-refractivity contribution in [3.8, 4) is 0 Å². The first-order chi connectivity index (χ1) is 12.6. The van der Waals surface area contributed by atoms with E-state index in [4.69, 9.17) is 9.15 Å². The van der Waals surface area contributed by atoms with Crippen LogP contribution in [0.1, 0.15) is 25.1 Å². The summed E-state index contributed by atoms with van der Waals surface area (Å²) in [6, 6.07) is 11.0. The van der Waals surface area contributed by atoms with Gasteiger partial charge in [-0.25, -0.2) is 0 Å². The van der Waals surface area contributed by atoms with E-state index in [-0.39, 0.29) is 17.6 Å². The van der Waals surface area contributed by atoms with Crippen LogP contribution in [0.25, 0.3) is 11.0 Å². The summed E-state index contributed by atoms with van der Waals surface area (Å²) in [7, 11) is 0. The smallest absolute Gasteiger partial charge is 0.291 e. The number of morpholine rings is 1. The Morgan fingerprint density at radius 3 is 2.62 bits per heavy atom. The lowest BCUT2D eigenvalue weighted by Crippen LogP contribution is -2.40. The molecule has 0 spiro atoms. The summed E-state index contributed by atoms with van der Waals surface area (Å²) < 4.78 is 11.1. The fourth-order valence-electron chi connectivity index (χ4n) is 2.96. The Hall–Kier alpha value is -2.64. The Bertz CT molecular complexity index is 969. The van der Waals surface area contributed by atoms with Crippen molar-refractivity contribution in [2.24, 2.45) is 0 Å². The van der Waals surface area contributed by atoms with Crippen molar-refractivity contribution in [2.75, 3.05) is 31.6 Å². The number of nitrogens with zero attached hydrogens (tertiary/aromatic N) is 1. The van der Waals surface area contributed by atoms with E-state index < -0.39 is 0 Å². The third-order valence-corrected chi connectivity index (χ3v) is 5.29. The van der Waals surface area contributed by atoms with Crippen molar-refractivity contribution in [3.63, 3.8) is 0 Å². The first-order valence-electron chi connectivity index (χ1n) is 8.40. The molecule has 0 saturated carbocycles. The first-order valence-corrected chi connectivity index (χ1v) is 9.21. The summed E-state index contributed by atoms with van der Waals surface area (Å²) in [6.07, 6.45) is 0. The number of ether oxygens (including phenoxy) is 1. The molecule has 0 radical (unpaired) electrons. The molecule has 0 unspecified atom stereocenters. The number of benzene rings is 1. The van der Waals surface area contributed by atoms with Crippen LogP contribution in [0.2, 0.25) is 0 Å². The van der Waals surface area contributed by atoms with Crippen LogP contribution in [-0.4, -0.2) is 43.0 Å². The van der Waals surface area contributed by atoms with Gasteiger partial charge < -0.3 is 19.4 Å². The fraction of sp³-hybridized carbons (Fsp3) is 0.263. The van der Waals surface area contributed by atoms with Gasteiger partial charge in [0.05, 0.1) is 18.1 Å². The van der Waals surface area contributed by atoms with Gasteiger partial charge in [0.25, 0.3) is 11.8 Å². The Morgan fingerprint density at radius 2 is 1.88 bits per heavy atom. The van der Waals surface area contributed by atoms with Crippen LogP contribution < -0.4 is 5.32 Å². The summed E-state index contributed by atoms with van der Waals surface area (Å²) >= 11 is 1.41.